The van der Waals surface area contributed by atoms with E-state index >= 15 is 0 Å². The first kappa shape index (κ1) is 11.8. The number of carbonyl (C=O) groups excluding carboxylic acids is 1. The molecule has 3 atom stereocenters. The molecule has 0 aliphatic carbocycles. The lowest BCUT2D eigenvalue weighted by molar-refractivity contribution is -0.126. The van der Waals surface area contributed by atoms with Crippen molar-refractivity contribution < 1.29 is 9.53 Å². The molecule has 0 bridgehead atoms. The predicted octanol–water partition coefficient (Wildman–Crippen LogP) is 1.55. The minimum atomic E-state index is 0.0284. The van der Waals surface area contributed by atoms with Crippen LogP contribution in [0.25, 0.3) is 0 Å². The largest absolute Gasteiger partial charge is 0.378 e. The first-order chi connectivity index (χ1) is 6.61. The summed E-state index contributed by atoms with van der Waals surface area (Å²) in [6.07, 6.45) is 1.71. The summed E-state index contributed by atoms with van der Waals surface area (Å²) in [5.74, 6) is 0.132. The number of ether oxygens (including phenoxy) is 1. The van der Waals surface area contributed by atoms with Gasteiger partial charge in [0.15, 0.2) is 0 Å². The van der Waals surface area contributed by atoms with Gasteiger partial charge in [0.25, 0.3) is 0 Å². The van der Waals surface area contributed by atoms with Crippen LogP contribution in [0.15, 0.2) is 0 Å². The van der Waals surface area contributed by atoms with Crippen molar-refractivity contribution >= 4 is 17.5 Å². The van der Waals surface area contributed by atoms with Gasteiger partial charge in [-0.25, -0.2) is 0 Å². The number of carbonyl (C=O) groups is 1. The molecule has 0 spiro atoms. The molecule has 1 amide bonds. The van der Waals surface area contributed by atoms with Crippen molar-refractivity contribution in [3.05, 3.63) is 0 Å². The highest BCUT2D eigenvalue weighted by Crippen LogP contribution is 2.20. The van der Waals surface area contributed by atoms with E-state index in [1.165, 1.54) is 0 Å². The zero-order chi connectivity index (χ0) is 10.6. The highest BCUT2D eigenvalue weighted by molar-refractivity contribution is 6.20. The monoisotopic (exact) mass is 219 g/mol. The maximum absolute atomic E-state index is 11.6. The molecule has 1 aliphatic rings. The minimum Gasteiger partial charge on any atom is -0.378 e. The second-order valence-corrected chi connectivity index (χ2v) is 4.58. The summed E-state index contributed by atoms with van der Waals surface area (Å²) in [7, 11) is 0. The van der Waals surface area contributed by atoms with E-state index in [0.29, 0.717) is 13.2 Å². The molecule has 0 aromatic carbocycles. The van der Waals surface area contributed by atoms with Crippen LogP contribution in [0.3, 0.4) is 0 Å². The molecule has 1 aliphatic heterocycles. The van der Waals surface area contributed by atoms with Gasteiger partial charge in [0.05, 0.1) is 12.0 Å². The summed E-state index contributed by atoms with van der Waals surface area (Å²) in [5.41, 5.74) is 0. The number of hydrogen-bond acceptors (Lipinski definition) is 2. The number of amides is 1. The third-order valence-electron chi connectivity index (χ3n) is 2.55. The van der Waals surface area contributed by atoms with Gasteiger partial charge in [-0.1, -0.05) is 0 Å². The molecule has 0 aromatic heterocycles. The lowest BCUT2D eigenvalue weighted by Gasteiger charge is -2.14. The van der Waals surface area contributed by atoms with E-state index in [2.05, 4.69) is 5.32 Å². The molecule has 1 N–H and O–H groups in total. The molecule has 1 rings (SSSR count). The average molecular weight is 220 g/mol. The van der Waals surface area contributed by atoms with Gasteiger partial charge >= 0.3 is 0 Å². The van der Waals surface area contributed by atoms with E-state index in [1.54, 1.807) is 0 Å². The van der Waals surface area contributed by atoms with E-state index in [4.69, 9.17) is 16.3 Å². The molecule has 3 unspecified atom stereocenters. The Balaban J connectivity index is 2.21. The molecule has 1 heterocycles. The van der Waals surface area contributed by atoms with Crippen LogP contribution in [0.5, 0.6) is 0 Å². The number of rotatable bonds is 4. The fraction of sp³-hybridized carbons (Fsp3) is 0.900. The molecule has 1 saturated heterocycles. The molecule has 4 heteroatoms. The minimum absolute atomic E-state index is 0.0284. The average Bonchev–Trinajstić information content (AvgIpc) is 2.50. The lowest BCUT2D eigenvalue weighted by atomic mass is 10.0. The van der Waals surface area contributed by atoms with E-state index in [1.807, 2.05) is 13.8 Å². The summed E-state index contributed by atoms with van der Waals surface area (Å²) < 4.78 is 5.33. The van der Waals surface area contributed by atoms with E-state index < -0.39 is 0 Å². The van der Waals surface area contributed by atoms with Gasteiger partial charge < -0.3 is 10.1 Å². The maximum atomic E-state index is 11.6. The van der Waals surface area contributed by atoms with Gasteiger partial charge in [-0.15, -0.1) is 11.6 Å². The third-order valence-corrected chi connectivity index (χ3v) is 2.77. The smallest absolute Gasteiger partial charge is 0.225 e. The Labute approximate surface area is 90.1 Å². The Kier molecular flexibility index (Phi) is 4.69. The second-order valence-electron chi connectivity index (χ2n) is 3.83. The van der Waals surface area contributed by atoms with Gasteiger partial charge in [-0.05, 0) is 26.7 Å². The first-order valence-electron chi connectivity index (χ1n) is 5.14. The molecule has 0 aromatic rings. The van der Waals surface area contributed by atoms with Crippen LogP contribution in [0.4, 0.5) is 0 Å². The van der Waals surface area contributed by atoms with Crippen LogP contribution in [0.1, 0.15) is 26.7 Å². The van der Waals surface area contributed by atoms with Gasteiger partial charge in [0, 0.05) is 18.5 Å². The number of hydrogen-bond donors (Lipinski definition) is 1. The van der Waals surface area contributed by atoms with Gasteiger partial charge in [0.2, 0.25) is 5.91 Å². The van der Waals surface area contributed by atoms with Crippen LogP contribution >= 0.6 is 11.6 Å². The van der Waals surface area contributed by atoms with Crippen molar-refractivity contribution in [2.45, 2.75) is 38.2 Å². The van der Waals surface area contributed by atoms with Crippen LogP contribution in [-0.4, -0.2) is 30.5 Å². The highest BCUT2D eigenvalue weighted by atomic mass is 35.5. The fourth-order valence-electron chi connectivity index (χ4n) is 1.60. The molecule has 3 nitrogen and oxygen atoms in total. The third kappa shape index (κ3) is 3.46. The molecular formula is C10H18ClNO2. The summed E-state index contributed by atoms with van der Waals surface area (Å²) in [5, 5.41) is 3.00. The second kappa shape index (κ2) is 5.56. The van der Waals surface area contributed by atoms with Crippen molar-refractivity contribution in [1.82, 2.24) is 5.32 Å². The van der Waals surface area contributed by atoms with Crippen molar-refractivity contribution in [3.8, 4) is 0 Å². The quantitative estimate of drug-likeness (QED) is 0.729. The number of halogens is 1. The van der Waals surface area contributed by atoms with Crippen molar-refractivity contribution in [1.29, 1.82) is 0 Å². The standard InChI is InChI=1S/C10H18ClNO2/c1-7(11)3-5-12-10(13)9-4-6-14-8(9)2/h7-9H,3-6H2,1-2H3,(H,12,13). The van der Waals surface area contributed by atoms with Crippen molar-refractivity contribution in [2.24, 2.45) is 5.92 Å². The van der Waals surface area contributed by atoms with Gasteiger partial charge in [-0.3, -0.25) is 4.79 Å². The Morgan fingerprint density at radius 3 is 2.93 bits per heavy atom. The normalized spacial score (nSPS) is 28.8. The fourth-order valence-corrected chi connectivity index (χ4v) is 1.71. The van der Waals surface area contributed by atoms with E-state index in [-0.39, 0.29) is 23.3 Å². The Morgan fingerprint density at radius 2 is 2.43 bits per heavy atom. The summed E-state index contributed by atoms with van der Waals surface area (Å²) >= 11 is 5.77. The zero-order valence-corrected chi connectivity index (χ0v) is 9.51. The zero-order valence-electron chi connectivity index (χ0n) is 8.75. The Bertz CT molecular complexity index is 197. The Morgan fingerprint density at radius 1 is 1.71 bits per heavy atom. The summed E-state index contributed by atoms with van der Waals surface area (Å²) in [6.45, 7) is 5.23. The molecule has 0 saturated carbocycles. The van der Waals surface area contributed by atoms with Crippen LogP contribution in [-0.2, 0) is 9.53 Å². The molecule has 0 radical (unpaired) electrons. The van der Waals surface area contributed by atoms with E-state index in [9.17, 15) is 4.79 Å². The maximum Gasteiger partial charge on any atom is 0.225 e. The SMILES string of the molecule is CC(Cl)CCNC(=O)C1CCOC1C. The van der Waals surface area contributed by atoms with Crippen LogP contribution < -0.4 is 5.32 Å². The van der Waals surface area contributed by atoms with Crippen molar-refractivity contribution in [3.63, 3.8) is 0 Å². The molecular weight excluding hydrogens is 202 g/mol. The van der Waals surface area contributed by atoms with E-state index in [0.717, 1.165) is 12.8 Å². The highest BCUT2D eigenvalue weighted by Gasteiger charge is 2.30. The van der Waals surface area contributed by atoms with Crippen LogP contribution in [0, 0.1) is 5.92 Å². The summed E-state index contributed by atoms with van der Waals surface area (Å²) in [4.78, 5) is 11.6. The van der Waals surface area contributed by atoms with Gasteiger partial charge in [-0.2, -0.15) is 0 Å². The topological polar surface area (TPSA) is 38.3 Å². The number of nitrogens with one attached hydrogen (secondary N) is 1. The van der Waals surface area contributed by atoms with Crippen molar-refractivity contribution in [2.75, 3.05) is 13.2 Å². The lowest BCUT2D eigenvalue weighted by Crippen LogP contribution is -2.35. The van der Waals surface area contributed by atoms with Gasteiger partial charge in [0.1, 0.15) is 0 Å². The molecule has 1 fully saturated rings. The molecule has 82 valence electrons. The van der Waals surface area contributed by atoms with Crippen LogP contribution in [0.2, 0.25) is 0 Å². The molecule has 14 heavy (non-hydrogen) atoms. The summed E-state index contributed by atoms with van der Waals surface area (Å²) in [6, 6.07) is 0. The number of alkyl halides is 1. The Hall–Kier alpha value is -0.280. The first-order valence-corrected chi connectivity index (χ1v) is 5.58. The predicted molar refractivity (Wildman–Crippen MR) is 56.5 cm³/mol.